The third kappa shape index (κ3) is 6.51. The predicted octanol–water partition coefficient (Wildman–Crippen LogP) is 7.40. The average Bonchev–Trinajstić information content (AvgIpc) is 3.71. The number of hydrogen-bond acceptors (Lipinski definition) is 7. The topological polar surface area (TPSA) is 130 Å². The molecule has 0 atom stereocenters. The van der Waals surface area contributed by atoms with Crippen molar-refractivity contribution in [1.82, 2.24) is 24.5 Å². The molecule has 0 saturated heterocycles. The van der Waals surface area contributed by atoms with Crippen LogP contribution in [0.3, 0.4) is 0 Å². The van der Waals surface area contributed by atoms with Gasteiger partial charge in [-0.15, -0.1) is 0 Å². The molecule has 2 N–H and O–H groups in total. The Morgan fingerprint density at radius 2 is 1.56 bits per heavy atom. The number of aromatic nitrogens is 5. The highest BCUT2D eigenvalue weighted by molar-refractivity contribution is 6.16. The number of benzene rings is 4. The van der Waals surface area contributed by atoms with Gasteiger partial charge in [-0.1, -0.05) is 36.4 Å². The summed E-state index contributed by atoms with van der Waals surface area (Å²) in [5.74, 6) is -1.77. The summed E-state index contributed by atoms with van der Waals surface area (Å²) >= 11 is 0. The van der Waals surface area contributed by atoms with Crippen LogP contribution in [0.1, 0.15) is 24.0 Å². The van der Waals surface area contributed by atoms with Crippen molar-refractivity contribution in [2.24, 2.45) is 11.1 Å². The molecule has 0 spiro atoms. The zero-order valence-corrected chi connectivity index (χ0v) is 29.0. The number of pyridine rings is 1. The molecule has 8 rings (SSSR count). The zero-order chi connectivity index (χ0) is 37.4. The van der Waals surface area contributed by atoms with Gasteiger partial charge in [0.05, 0.1) is 31.3 Å². The van der Waals surface area contributed by atoms with E-state index in [-0.39, 0.29) is 30.0 Å². The standard InChI is InChI=1S/C41H33F2N7O4/c1-53-32-14-5-27(6-15-32)25-49-38-36(37(47-49)28-7-3-26(4-8-28)24-48-22-2-20-46-48)35(17-21-45-38)54-34-16-13-31(23-33(34)43)50(30-11-9-29(42)10-12-30)40(52)41(18-19-41)39(44)51/h2-17,20-23H,18-19,24-25H2,1H3,(H2,44,51). The van der Waals surface area contributed by atoms with Crippen LogP contribution in [0.25, 0.3) is 22.3 Å². The number of nitrogens with zero attached hydrogens (tertiary/aromatic N) is 6. The Hall–Kier alpha value is -6.89. The maximum absolute atomic E-state index is 16.1. The fourth-order valence-corrected chi connectivity index (χ4v) is 6.43. The van der Waals surface area contributed by atoms with Crippen molar-refractivity contribution in [3.05, 3.63) is 144 Å². The van der Waals surface area contributed by atoms with E-state index in [4.69, 9.17) is 20.3 Å². The van der Waals surface area contributed by atoms with Gasteiger partial charge in [-0.2, -0.15) is 10.2 Å². The Morgan fingerprint density at radius 3 is 2.20 bits per heavy atom. The third-order valence-electron chi connectivity index (χ3n) is 9.53. The number of ether oxygens (including phenoxy) is 2. The summed E-state index contributed by atoms with van der Waals surface area (Å²) in [4.78, 5) is 32.0. The van der Waals surface area contributed by atoms with Crippen LogP contribution in [0.5, 0.6) is 17.2 Å². The van der Waals surface area contributed by atoms with Crippen molar-refractivity contribution in [3.63, 3.8) is 0 Å². The first-order valence-corrected chi connectivity index (χ1v) is 17.1. The van der Waals surface area contributed by atoms with E-state index in [2.05, 4.69) is 10.1 Å². The molecule has 2 amide bonds. The fraction of sp³-hybridized carbons (Fsp3) is 0.146. The van der Waals surface area contributed by atoms with Crippen molar-refractivity contribution >= 4 is 34.2 Å². The van der Waals surface area contributed by atoms with Crippen LogP contribution < -0.4 is 20.1 Å². The predicted molar refractivity (Wildman–Crippen MR) is 197 cm³/mol. The molecule has 13 heteroatoms. The Balaban J connectivity index is 1.17. The van der Waals surface area contributed by atoms with Crippen LogP contribution >= 0.6 is 0 Å². The van der Waals surface area contributed by atoms with Gasteiger partial charge in [0, 0.05) is 35.9 Å². The van der Waals surface area contributed by atoms with E-state index < -0.39 is 28.9 Å². The molecule has 270 valence electrons. The van der Waals surface area contributed by atoms with E-state index in [0.717, 1.165) is 28.5 Å². The first-order valence-electron chi connectivity index (χ1n) is 17.1. The summed E-state index contributed by atoms with van der Waals surface area (Å²) in [5.41, 5.74) is 8.47. The number of methoxy groups -OCH3 is 1. The number of halogens is 2. The molecule has 7 aromatic rings. The molecule has 1 aliphatic carbocycles. The van der Waals surface area contributed by atoms with Crippen molar-refractivity contribution < 1.29 is 27.8 Å². The monoisotopic (exact) mass is 725 g/mol. The first-order chi connectivity index (χ1) is 26.2. The second kappa shape index (κ2) is 13.9. The lowest BCUT2D eigenvalue weighted by atomic mass is 10.0. The molecule has 11 nitrogen and oxygen atoms in total. The molecule has 1 saturated carbocycles. The molecular weight excluding hydrogens is 692 g/mol. The number of carbonyl (C=O) groups is 2. The van der Waals surface area contributed by atoms with Gasteiger partial charge in [-0.3, -0.25) is 19.2 Å². The highest BCUT2D eigenvalue weighted by atomic mass is 19.1. The van der Waals surface area contributed by atoms with E-state index in [1.807, 2.05) is 65.5 Å². The molecule has 1 aliphatic rings. The quantitative estimate of drug-likeness (QED) is 0.130. The number of hydrogen-bond donors (Lipinski definition) is 1. The minimum absolute atomic E-state index is 0.118. The number of nitrogens with two attached hydrogens (primary N) is 1. The van der Waals surface area contributed by atoms with Gasteiger partial charge in [0.1, 0.15) is 28.4 Å². The van der Waals surface area contributed by atoms with Crippen LogP contribution in [0.4, 0.5) is 20.2 Å². The van der Waals surface area contributed by atoms with Crippen molar-refractivity contribution in [3.8, 4) is 28.5 Å². The fourth-order valence-electron chi connectivity index (χ4n) is 6.43. The SMILES string of the molecule is COc1ccc(Cn2nc(-c3ccc(Cn4cccn4)cc3)c3c(Oc4ccc(N(C(=O)C5(C(N)=O)CC5)c5ccc(F)cc5)cc4F)ccnc32)cc1. The van der Waals surface area contributed by atoms with E-state index in [1.54, 1.807) is 30.3 Å². The van der Waals surface area contributed by atoms with Crippen LogP contribution in [0, 0.1) is 17.0 Å². The molecule has 3 heterocycles. The summed E-state index contributed by atoms with van der Waals surface area (Å²) in [6.07, 6.45) is 5.73. The number of amides is 2. The third-order valence-corrected chi connectivity index (χ3v) is 9.53. The highest BCUT2D eigenvalue weighted by Crippen LogP contribution is 2.49. The number of carbonyl (C=O) groups excluding carboxylic acids is 2. The molecule has 0 bridgehead atoms. The van der Waals surface area contributed by atoms with E-state index in [9.17, 15) is 14.0 Å². The van der Waals surface area contributed by atoms with Gasteiger partial charge >= 0.3 is 0 Å². The maximum Gasteiger partial charge on any atom is 0.247 e. The van der Waals surface area contributed by atoms with Gasteiger partial charge in [0.2, 0.25) is 11.8 Å². The second-order valence-corrected chi connectivity index (χ2v) is 13.0. The van der Waals surface area contributed by atoms with Crippen LogP contribution in [-0.4, -0.2) is 43.5 Å². The maximum atomic E-state index is 16.1. The molecular formula is C41H33F2N7O4. The average molecular weight is 726 g/mol. The smallest absolute Gasteiger partial charge is 0.247 e. The number of primary amides is 1. The normalized spacial score (nSPS) is 13.1. The summed E-state index contributed by atoms with van der Waals surface area (Å²) in [6.45, 7) is 0.982. The second-order valence-electron chi connectivity index (χ2n) is 13.0. The molecule has 0 aliphatic heterocycles. The lowest BCUT2D eigenvalue weighted by Gasteiger charge is -2.26. The minimum Gasteiger partial charge on any atom is -0.497 e. The van der Waals surface area contributed by atoms with Crippen LogP contribution in [0.15, 0.2) is 122 Å². The van der Waals surface area contributed by atoms with Gasteiger partial charge in [0.25, 0.3) is 0 Å². The lowest BCUT2D eigenvalue weighted by Crippen LogP contribution is -2.41. The molecule has 1 fully saturated rings. The highest BCUT2D eigenvalue weighted by Gasteiger charge is 2.57. The summed E-state index contributed by atoms with van der Waals surface area (Å²) < 4.78 is 45.2. The minimum atomic E-state index is -1.41. The molecule has 54 heavy (non-hydrogen) atoms. The van der Waals surface area contributed by atoms with Crippen LogP contribution in [-0.2, 0) is 22.7 Å². The zero-order valence-electron chi connectivity index (χ0n) is 29.0. The Kier molecular flexibility index (Phi) is 8.82. The largest absolute Gasteiger partial charge is 0.497 e. The first kappa shape index (κ1) is 34.2. The van der Waals surface area contributed by atoms with Crippen molar-refractivity contribution in [2.75, 3.05) is 12.0 Å². The summed E-state index contributed by atoms with van der Waals surface area (Å²) in [5, 5.41) is 9.85. The number of fused-ring (bicyclic) bond motifs is 1. The number of anilines is 2. The molecule has 4 aromatic carbocycles. The van der Waals surface area contributed by atoms with Crippen LogP contribution in [0.2, 0.25) is 0 Å². The molecule has 0 radical (unpaired) electrons. The Labute approximate surface area is 308 Å². The summed E-state index contributed by atoms with van der Waals surface area (Å²) in [7, 11) is 1.61. The summed E-state index contributed by atoms with van der Waals surface area (Å²) in [6, 6.07) is 28.2. The van der Waals surface area contributed by atoms with E-state index >= 15 is 4.39 Å². The van der Waals surface area contributed by atoms with Gasteiger partial charge in [-0.25, -0.2) is 18.4 Å². The molecule has 0 unspecified atom stereocenters. The lowest BCUT2D eigenvalue weighted by molar-refractivity contribution is -0.133. The molecule has 3 aromatic heterocycles. The van der Waals surface area contributed by atoms with E-state index in [0.29, 0.717) is 35.6 Å². The van der Waals surface area contributed by atoms with E-state index in [1.165, 1.54) is 41.3 Å². The number of rotatable bonds is 12. The Bertz CT molecular complexity index is 2480. The Morgan fingerprint density at radius 1 is 0.852 bits per heavy atom. The van der Waals surface area contributed by atoms with Gasteiger partial charge < -0.3 is 15.2 Å². The van der Waals surface area contributed by atoms with Gasteiger partial charge in [0.15, 0.2) is 17.2 Å². The van der Waals surface area contributed by atoms with Gasteiger partial charge in [-0.05, 0) is 84.6 Å². The van der Waals surface area contributed by atoms with Crippen molar-refractivity contribution in [1.29, 1.82) is 0 Å². The van der Waals surface area contributed by atoms with Crippen molar-refractivity contribution in [2.45, 2.75) is 25.9 Å².